The van der Waals surface area contributed by atoms with Gasteiger partial charge in [0.1, 0.15) is 5.57 Å². The van der Waals surface area contributed by atoms with E-state index in [2.05, 4.69) is 0 Å². The molecule has 0 unspecified atom stereocenters. The number of halogens is 1. The van der Waals surface area contributed by atoms with Crippen LogP contribution in [-0.4, -0.2) is 41.7 Å². The van der Waals surface area contributed by atoms with Crippen LogP contribution < -0.4 is 0 Å². The minimum Gasteiger partial charge on any atom is -0.268 e. The second-order valence-electron chi connectivity index (χ2n) is 5.69. The Kier molecular flexibility index (Phi) is 5.15. The van der Waals surface area contributed by atoms with Crippen molar-refractivity contribution in [1.29, 1.82) is 0 Å². The lowest BCUT2D eigenvalue weighted by Crippen LogP contribution is -2.52. The van der Waals surface area contributed by atoms with Gasteiger partial charge in [0, 0.05) is 28.9 Å². The SMILES string of the molecule is CN1C(=O)C(=Cc2ccc(Sc3ccc(Cl)cc3)cc2)C(=O)N(C)C1=O. The molecule has 5 nitrogen and oxygen atoms in total. The van der Waals surface area contributed by atoms with Gasteiger partial charge in [0.25, 0.3) is 11.8 Å². The molecule has 0 aromatic heterocycles. The van der Waals surface area contributed by atoms with Gasteiger partial charge in [-0.15, -0.1) is 0 Å². The first-order valence-corrected chi connectivity index (χ1v) is 8.91. The molecule has 7 heteroatoms. The Morgan fingerprint density at radius 3 is 1.77 bits per heavy atom. The van der Waals surface area contributed by atoms with E-state index in [0.717, 1.165) is 19.6 Å². The average Bonchev–Trinajstić information content (AvgIpc) is 2.65. The lowest BCUT2D eigenvalue weighted by molar-refractivity contribution is -0.134. The Hall–Kier alpha value is -2.57. The van der Waals surface area contributed by atoms with Gasteiger partial charge in [0.15, 0.2) is 0 Å². The predicted molar refractivity (Wildman–Crippen MR) is 101 cm³/mol. The maximum Gasteiger partial charge on any atom is 0.333 e. The zero-order valence-corrected chi connectivity index (χ0v) is 15.7. The summed E-state index contributed by atoms with van der Waals surface area (Å²) in [5.74, 6) is -1.20. The van der Waals surface area contributed by atoms with E-state index in [0.29, 0.717) is 10.6 Å². The topological polar surface area (TPSA) is 57.7 Å². The lowest BCUT2D eigenvalue weighted by Gasteiger charge is -2.28. The molecule has 0 radical (unpaired) electrons. The van der Waals surface area contributed by atoms with Gasteiger partial charge >= 0.3 is 6.03 Å². The first kappa shape index (κ1) is 18.2. The van der Waals surface area contributed by atoms with Crippen LogP contribution in [0.15, 0.2) is 63.9 Å². The van der Waals surface area contributed by atoms with Crippen LogP contribution in [0.3, 0.4) is 0 Å². The van der Waals surface area contributed by atoms with E-state index in [-0.39, 0.29) is 5.57 Å². The second-order valence-corrected chi connectivity index (χ2v) is 7.28. The molecule has 2 aromatic carbocycles. The number of benzene rings is 2. The van der Waals surface area contributed by atoms with Gasteiger partial charge in [-0.3, -0.25) is 19.4 Å². The highest BCUT2D eigenvalue weighted by Gasteiger charge is 2.37. The molecule has 1 saturated heterocycles. The van der Waals surface area contributed by atoms with Crippen molar-refractivity contribution in [3.63, 3.8) is 0 Å². The predicted octanol–water partition coefficient (Wildman–Crippen LogP) is 3.93. The number of nitrogens with zero attached hydrogens (tertiary/aromatic N) is 2. The fourth-order valence-electron chi connectivity index (χ4n) is 2.41. The Balaban J connectivity index is 1.81. The number of imide groups is 2. The molecule has 0 saturated carbocycles. The molecule has 0 spiro atoms. The first-order valence-electron chi connectivity index (χ1n) is 7.72. The highest BCUT2D eigenvalue weighted by atomic mass is 35.5. The zero-order valence-electron chi connectivity index (χ0n) is 14.1. The highest BCUT2D eigenvalue weighted by Crippen LogP contribution is 2.29. The van der Waals surface area contributed by atoms with E-state index >= 15 is 0 Å². The Labute approximate surface area is 160 Å². The van der Waals surface area contributed by atoms with Crippen molar-refractivity contribution in [1.82, 2.24) is 9.80 Å². The van der Waals surface area contributed by atoms with Gasteiger partial charge in [0.05, 0.1) is 0 Å². The summed E-state index contributed by atoms with van der Waals surface area (Å²) in [6.07, 6.45) is 1.50. The monoisotopic (exact) mass is 386 g/mol. The molecule has 0 aliphatic carbocycles. The minimum atomic E-state index is -0.633. The summed E-state index contributed by atoms with van der Waals surface area (Å²) in [6, 6.07) is 14.4. The summed E-state index contributed by atoms with van der Waals surface area (Å²) in [6.45, 7) is 0. The van der Waals surface area contributed by atoms with Gasteiger partial charge in [-0.2, -0.15) is 0 Å². The molecule has 0 N–H and O–H groups in total. The van der Waals surface area contributed by atoms with Gasteiger partial charge in [-0.05, 0) is 48.0 Å². The van der Waals surface area contributed by atoms with Gasteiger partial charge in [0.2, 0.25) is 0 Å². The normalized spacial score (nSPS) is 14.9. The Bertz CT molecular complexity index is 881. The summed E-state index contributed by atoms with van der Waals surface area (Å²) in [4.78, 5) is 40.1. The van der Waals surface area contributed by atoms with Crippen molar-refractivity contribution in [2.75, 3.05) is 14.1 Å². The van der Waals surface area contributed by atoms with Crippen molar-refractivity contribution in [2.24, 2.45) is 0 Å². The van der Waals surface area contributed by atoms with Crippen LogP contribution >= 0.6 is 23.4 Å². The molecular weight excluding hydrogens is 372 g/mol. The summed E-state index contributed by atoms with van der Waals surface area (Å²) in [7, 11) is 2.71. The number of hydrogen-bond donors (Lipinski definition) is 0. The summed E-state index contributed by atoms with van der Waals surface area (Å²) in [5.41, 5.74) is 0.672. The van der Waals surface area contributed by atoms with E-state index in [1.807, 2.05) is 48.5 Å². The van der Waals surface area contributed by atoms with Gasteiger partial charge < -0.3 is 0 Å². The van der Waals surface area contributed by atoms with Crippen LogP contribution in [0.25, 0.3) is 6.08 Å². The van der Waals surface area contributed by atoms with E-state index in [9.17, 15) is 14.4 Å². The van der Waals surface area contributed by atoms with Crippen molar-refractivity contribution in [2.45, 2.75) is 9.79 Å². The fraction of sp³-hybridized carbons (Fsp3) is 0.105. The molecule has 4 amide bonds. The molecule has 26 heavy (non-hydrogen) atoms. The Morgan fingerprint density at radius 1 is 0.808 bits per heavy atom. The van der Waals surface area contributed by atoms with Crippen molar-refractivity contribution < 1.29 is 14.4 Å². The van der Waals surface area contributed by atoms with Crippen molar-refractivity contribution in [3.05, 3.63) is 64.7 Å². The summed E-state index contributed by atoms with van der Waals surface area (Å²) >= 11 is 7.46. The number of hydrogen-bond acceptors (Lipinski definition) is 4. The van der Waals surface area contributed by atoms with Crippen LogP contribution in [0.1, 0.15) is 5.56 Å². The smallest absolute Gasteiger partial charge is 0.268 e. The number of barbiturate groups is 1. The molecule has 3 rings (SSSR count). The third-order valence-electron chi connectivity index (χ3n) is 3.88. The average molecular weight is 387 g/mol. The number of carbonyl (C=O) groups is 3. The van der Waals surface area contributed by atoms with Crippen LogP contribution in [0.4, 0.5) is 4.79 Å². The van der Waals surface area contributed by atoms with Crippen LogP contribution in [0, 0.1) is 0 Å². The van der Waals surface area contributed by atoms with Gasteiger partial charge in [-0.25, -0.2) is 4.79 Å². The summed E-state index contributed by atoms with van der Waals surface area (Å²) < 4.78 is 0. The molecule has 0 atom stereocenters. The Morgan fingerprint density at radius 2 is 1.27 bits per heavy atom. The third kappa shape index (κ3) is 3.66. The van der Waals surface area contributed by atoms with Crippen molar-refractivity contribution in [3.8, 4) is 0 Å². The maximum absolute atomic E-state index is 12.2. The molecule has 132 valence electrons. The van der Waals surface area contributed by atoms with E-state index in [1.165, 1.54) is 20.2 Å². The molecular formula is C19H15ClN2O3S. The minimum absolute atomic E-state index is 0.0345. The first-order chi connectivity index (χ1) is 12.4. The molecule has 2 aromatic rings. The second kappa shape index (κ2) is 7.35. The highest BCUT2D eigenvalue weighted by molar-refractivity contribution is 7.99. The number of carbonyl (C=O) groups excluding carboxylic acids is 3. The summed E-state index contributed by atoms with van der Waals surface area (Å²) in [5, 5.41) is 0.687. The lowest BCUT2D eigenvalue weighted by atomic mass is 10.1. The zero-order chi connectivity index (χ0) is 18.8. The quantitative estimate of drug-likeness (QED) is 0.592. The maximum atomic E-state index is 12.2. The number of likely N-dealkylation sites (N-methyl/N-ethyl adjacent to an activating group) is 2. The van der Waals surface area contributed by atoms with Crippen LogP contribution in [0.5, 0.6) is 0 Å². The fourth-order valence-corrected chi connectivity index (χ4v) is 3.36. The third-order valence-corrected chi connectivity index (χ3v) is 5.15. The molecule has 0 bridgehead atoms. The molecule has 1 aliphatic rings. The van der Waals surface area contributed by atoms with E-state index in [1.54, 1.807) is 11.8 Å². The molecule has 1 fully saturated rings. The van der Waals surface area contributed by atoms with Crippen LogP contribution in [0.2, 0.25) is 5.02 Å². The molecule has 1 heterocycles. The number of rotatable bonds is 3. The van der Waals surface area contributed by atoms with Gasteiger partial charge in [-0.1, -0.05) is 35.5 Å². The largest absolute Gasteiger partial charge is 0.333 e. The molecule has 1 aliphatic heterocycles. The number of amides is 4. The van der Waals surface area contributed by atoms with E-state index in [4.69, 9.17) is 11.6 Å². The number of urea groups is 1. The van der Waals surface area contributed by atoms with Crippen LogP contribution in [-0.2, 0) is 9.59 Å². The van der Waals surface area contributed by atoms with Crippen molar-refractivity contribution >= 4 is 47.3 Å². The standard InChI is InChI=1S/C19H15ClN2O3S/c1-21-17(23)16(18(24)22(2)19(21)25)11-12-3-7-14(8-4-12)26-15-9-5-13(20)6-10-15/h3-11H,1-2H3. The van der Waals surface area contributed by atoms with E-state index < -0.39 is 17.8 Å².